The number of carbonyl (C=O) groups excluding carboxylic acids is 1. The van der Waals surface area contributed by atoms with Gasteiger partial charge in [0.1, 0.15) is 0 Å². The maximum atomic E-state index is 11.7. The fraction of sp³-hybridized carbons (Fsp3) is 0.667. The molecule has 68 valence electrons. The van der Waals surface area contributed by atoms with E-state index in [0.29, 0.717) is 0 Å². The molecule has 0 bridgehead atoms. The Bertz CT molecular complexity index is 205. The molecule has 1 fully saturated rings. The van der Waals surface area contributed by atoms with Gasteiger partial charge in [-0.2, -0.15) is 0 Å². The second-order valence-corrected chi connectivity index (χ2v) is 4.40. The van der Waals surface area contributed by atoms with Crippen LogP contribution in [0.15, 0.2) is 12.7 Å². The summed E-state index contributed by atoms with van der Waals surface area (Å²) in [7, 11) is 0. The van der Waals surface area contributed by atoms with E-state index in [9.17, 15) is 4.79 Å². The molecule has 1 aliphatic rings. The number of rotatable bonds is 2. The molecular formula is C9H14BrNO. The van der Waals surface area contributed by atoms with Crippen molar-refractivity contribution < 1.29 is 4.79 Å². The van der Waals surface area contributed by atoms with E-state index in [4.69, 9.17) is 0 Å². The molecule has 0 spiro atoms. The topological polar surface area (TPSA) is 20.3 Å². The predicted molar refractivity (Wildman–Crippen MR) is 52.8 cm³/mol. The molecule has 1 aliphatic heterocycles. The van der Waals surface area contributed by atoms with E-state index in [1.807, 2.05) is 13.0 Å². The summed E-state index contributed by atoms with van der Waals surface area (Å²) in [6.07, 6.45) is 4.64. The monoisotopic (exact) mass is 231 g/mol. The Hall–Kier alpha value is -0.310. The second kappa shape index (κ2) is 3.60. The maximum Gasteiger partial charge on any atom is 0.238 e. The molecule has 0 radical (unpaired) electrons. The Kier molecular flexibility index (Phi) is 2.94. The molecule has 2 nitrogen and oxygen atoms in total. The third-order valence-corrected chi connectivity index (χ3v) is 3.09. The van der Waals surface area contributed by atoms with E-state index in [2.05, 4.69) is 22.7 Å². The highest BCUT2D eigenvalue weighted by Crippen LogP contribution is 2.35. The van der Waals surface area contributed by atoms with Gasteiger partial charge in [0.15, 0.2) is 0 Å². The Labute approximate surface area is 82.0 Å². The van der Waals surface area contributed by atoms with Crippen LogP contribution in [-0.2, 0) is 4.79 Å². The second-order valence-electron chi connectivity index (χ2n) is 3.55. The van der Waals surface area contributed by atoms with Crippen molar-refractivity contribution in [3.05, 3.63) is 12.7 Å². The lowest BCUT2D eigenvalue weighted by Crippen LogP contribution is -2.42. The number of hydrogen-bond acceptors (Lipinski definition) is 1. The highest BCUT2D eigenvalue weighted by atomic mass is 79.9. The minimum absolute atomic E-state index is 0.189. The number of allylic oxidation sites excluding steroid dienone is 1. The van der Waals surface area contributed by atoms with Crippen LogP contribution in [0.1, 0.15) is 26.2 Å². The highest BCUT2D eigenvalue weighted by Gasteiger charge is 2.37. The third kappa shape index (κ3) is 1.71. The number of carbonyl (C=O) groups is 1. The summed E-state index contributed by atoms with van der Waals surface area (Å²) in [5.74, 6) is 0.189. The largest absolute Gasteiger partial charge is 0.278 e. The molecule has 0 aromatic carbocycles. The van der Waals surface area contributed by atoms with Gasteiger partial charge in [-0.3, -0.25) is 8.72 Å². The fourth-order valence-corrected chi connectivity index (χ4v) is 2.30. The first-order valence-electron chi connectivity index (χ1n) is 4.19. The van der Waals surface area contributed by atoms with Crippen molar-refractivity contribution in [2.45, 2.75) is 26.2 Å². The van der Waals surface area contributed by atoms with E-state index in [1.54, 1.807) is 3.93 Å². The summed E-state index contributed by atoms with van der Waals surface area (Å²) in [4.78, 5) is 11.7. The van der Waals surface area contributed by atoms with Crippen LogP contribution in [0.4, 0.5) is 0 Å². The Morgan fingerprint density at radius 1 is 1.83 bits per heavy atom. The molecule has 0 aliphatic carbocycles. The first kappa shape index (κ1) is 9.78. The summed E-state index contributed by atoms with van der Waals surface area (Å²) in [6.45, 7) is 6.50. The van der Waals surface area contributed by atoms with Gasteiger partial charge in [-0.15, -0.1) is 6.58 Å². The third-order valence-electron chi connectivity index (χ3n) is 2.41. The molecule has 1 saturated heterocycles. The van der Waals surface area contributed by atoms with E-state index < -0.39 is 0 Å². The average molecular weight is 232 g/mol. The Balaban J connectivity index is 2.73. The molecule has 1 rings (SSSR count). The predicted octanol–water partition coefficient (Wildman–Crippen LogP) is 2.50. The van der Waals surface area contributed by atoms with Gasteiger partial charge in [-0.05, 0) is 19.3 Å². The standard InChI is InChI=1S/C9H14BrNO/c1-3-5-9(2)6-4-7-11(10)8(9)12/h3H,1,4-7H2,2H3/t9-/m1/s1. The van der Waals surface area contributed by atoms with Crippen molar-refractivity contribution in [2.75, 3.05) is 6.54 Å². The number of piperidine rings is 1. The minimum atomic E-state index is -0.219. The van der Waals surface area contributed by atoms with Crippen LogP contribution in [-0.4, -0.2) is 16.4 Å². The molecule has 0 saturated carbocycles. The molecule has 0 aromatic rings. The smallest absolute Gasteiger partial charge is 0.238 e. The van der Waals surface area contributed by atoms with E-state index >= 15 is 0 Å². The zero-order chi connectivity index (χ0) is 9.19. The van der Waals surface area contributed by atoms with Crippen LogP contribution in [0.25, 0.3) is 0 Å². The summed E-state index contributed by atoms with van der Waals surface area (Å²) >= 11 is 3.25. The van der Waals surface area contributed by atoms with Gasteiger partial charge >= 0.3 is 0 Å². The van der Waals surface area contributed by atoms with Crippen molar-refractivity contribution in [3.8, 4) is 0 Å². The van der Waals surface area contributed by atoms with E-state index in [-0.39, 0.29) is 11.3 Å². The SMILES string of the molecule is C=CC[C@]1(C)CCCN(Br)C1=O. The summed E-state index contributed by atoms with van der Waals surface area (Å²) < 4.78 is 1.64. The zero-order valence-electron chi connectivity index (χ0n) is 7.35. The lowest BCUT2D eigenvalue weighted by Gasteiger charge is -2.35. The first-order chi connectivity index (χ1) is 5.60. The van der Waals surface area contributed by atoms with Crippen LogP contribution in [0.5, 0.6) is 0 Å². The van der Waals surface area contributed by atoms with Crippen molar-refractivity contribution in [1.82, 2.24) is 3.93 Å². The average Bonchev–Trinajstić information content (AvgIpc) is 2.01. The Morgan fingerprint density at radius 3 is 3.08 bits per heavy atom. The maximum absolute atomic E-state index is 11.7. The normalized spacial score (nSPS) is 30.5. The number of amides is 1. The van der Waals surface area contributed by atoms with Gasteiger partial charge < -0.3 is 0 Å². The first-order valence-corrected chi connectivity index (χ1v) is 4.90. The zero-order valence-corrected chi connectivity index (χ0v) is 8.93. The lowest BCUT2D eigenvalue weighted by atomic mass is 9.79. The van der Waals surface area contributed by atoms with Gasteiger partial charge in [0.2, 0.25) is 5.91 Å². The van der Waals surface area contributed by atoms with Gasteiger partial charge in [0.05, 0.1) is 21.6 Å². The molecular weight excluding hydrogens is 218 g/mol. The van der Waals surface area contributed by atoms with Gasteiger partial charge in [-0.1, -0.05) is 13.0 Å². The minimum Gasteiger partial charge on any atom is -0.278 e. The molecule has 0 unspecified atom stereocenters. The molecule has 1 amide bonds. The van der Waals surface area contributed by atoms with Crippen LogP contribution in [0.3, 0.4) is 0 Å². The van der Waals surface area contributed by atoms with E-state index in [0.717, 1.165) is 25.8 Å². The Morgan fingerprint density at radius 2 is 2.50 bits per heavy atom. The van der Waals surface area contributed by atoms with Crippen LogP contribution in [0, 0.1) is 5.41 Å². The molecule has 0 aromatic heterocycles. The number of halogens is 1. The fourth-order valence-electron chi connectivity index (χ4n) is 1.62. The molecule has 1 atom stereocenters. The van der Waals surface area contributed by atoms with Gasteiger partial charge in [0.25, 0.3) is 0 Å². The van der Waals surface area contributed by atoms with Gasteiger partial charge in [-0.25, -0.2) is 0 Å². The van der Waals surface area contributed by atoms with Crippen LogP contribution >= 0.6 is 16.1 Å². The number of hydrogen-bond donors (Lipinski definition) is 0. The molecule has 12 heavy (non-hydrogen) atoms. The highest BCUT2D eigenvalue weighted by molar-refractivity contribution is 9.07. The van der Waals surface area contributed by atoms with Crippen molar-refractivity contribution in [2.24, 2.45) is 5.41 Å². The van der Waals surface area contributed by atoms with E-state index in [1.165, 1.54) is 0 Å². The van der Waals surface area contributed by atoms with Crippen LogP contribution < -0.4 is 0 Å². The van der Waals surface area contributed by atoms with Crippen LogP contribution in [0.2, 0.25) is 0 Å². The lowest BCUT2D eigenvalue weighted by molar-refractivity contribution is -0.138. The van der Waals surface area contributed by atoms with Crippen molar-refractivity contribution in [3.63, 3.8) is 0 Å². The molecule has 3 heteroatoms. The summed E-state index contributed by atoms with van der Waals surface area (Å²) in [5.41, 5.74) is -0.219. The molecule has 0 N–H and O–H groups in total. The van der Waals surface area contributed by atoms with Gasteiger partial charge in [0, 0.05) is 6.54 Å². The van der Waals surface area contributed by atoms with Crippen molar-refractivity contribution in [1.29, 1.82) is 0 Å². The summed E-state index contributed by atoms with van der Waals surface area (Å²) in [5, 5.41) is 0. The number of nitrogens with zero attached hydrogens (tertiary/aromatic N) is 1. The quantitative estimate of drug-likeness (QED) is 0.529. The molecule has 1 heterocycles. The summed E-state index contributed by atoms with van der Waals surface area (Å²) in [6, 6.07) is 0. The van der Waals surface area contributed by atoms with Crippen molar-refractivity contribution >= 4 is 22.1 Å².